The van der Waals surface area contributed by atoms with Crippen LogP contribution in [-0.4, -0.2) is 26.0 Å². The maximum atomic E-state index is 11.8. The molecule has 0 atom stereocenters. The van der Waals surface area contributed by atoms with Crippen LogP contribution in [0.2, 0.25) is 0 Å². The number of amides is 1. The van der Waals surface area contributed by atoms with Crippen LogP contribution >= 0.6 is 0 Å². The Morgan fingerprint density at radius 2 is 1.89 bits per heavy atom. The van der Waals surface area contributed by atoms with E-state index in [1.807, 2.05) is 42.6 Å². The Kier molecular flexibility index (Phi) is 5.78. The van der Waals surface area contributed by atoms with E-state index in [0.717, 1.165) is 22.0 Å². The van der Waals surface area contributed by atoms with Crippen molar-refractivity contribution in [1.82, 2.24) is 10.3 Å². The number of sulfonamides is 1. The summed E-state index contributed by atoms with van der Waals surface area (Å²) < 4.78 is 27.7. The van der Waals surface area contributed by atoms with Crippen LogP contribution in [0.4, 0.5) is 4.79 Å². The quantitative estimate of drug-likeness (QED) is 0.577. The Morgan fingerprint density at radius 1 is 1.11 bits per heavy atom. The molecule has 0 spiro atoms. The maximum Gasteiger partial charge on any atom is 0.407 e. The summed E-state index contributed by atoms with van der Waals surface area (Å²) in [5.74, 6) is -0.211. The second-order valence-electron chi connectivity index (χ2n) is 6.24. The fraction of sp³-hybridized carbons (Fsp3) is 0.211. The van der Waals surface area contributed by atoms with Gasteiger partial charge in [0.15, 0.2) is 0 Å². The second kappa shape index (κ2) is 8.24. The standard InChI is InChI=1S/C19H21N3O4S/c20-27(24,25)13-15-6-7-18-17(10-15)16(11-22-18)8-9-21-19(23)26-12-14-4-2-1-3-5-14/h1-7,10-11,22H,8-9,12-13H2,(H,21,23)(H2,20,24,25). The van der Waals surface area contributed by atoms with Gasteiger partial charge >= 0.3 is 6.09 Å². The van der Waals surface area contributed by atoms with Crippen LogP contribution in [0.25, 0.3) is 10.9 Å². The first kappa shape index (κ1) is 18.9. The number of alkyl carbamates (subject to hydrolysis) is 1. The molecule has 8 heteroatoms. The molecule has 3 rings (SSSR count). The van der Waals surface area contributed by atoms with Gasteiger partial charge in [-0.3, -0.25) is 0 Å². The predicted octanol–water partition coefficient (Wildman–Crippen LogP) is 2.43. The Morgan fingerprint density at radius 3 is 2.63 bits per heavy atom. The largest absolute Gasteiger partial charge is 0.445 e. The Hall–Kier alpha value is -2.84. The molecule has 0 unspecified atom stereocenters. The van der Waals surface area contributed by atoms with Crippen molar-refractivity contribution in [3.8, 4) is 0 Å². The van der Waals surface area contributed by atoms with Crippen molar-refractivity contribution in [1.29, 1.82) is 0 Å². The van der Waals surface area contributed by atoms with Gasteiger partial charge in [0.1, 0.15) is 6.61 Å². The Labute approximate surface area is 157 Å². The maximum absolute atomic E-state index is 11.8. The third kappa shape index (κ3) is 5.57. The lowest BCUT2D eigenvalue weighted by molar-refractivity contribution is 0.140. The number of aromatic nitrogens is 1. The van der Waals surface area contributed by atoms with Gasteiger partial charge in [-0.1, -0.05) is 36.4 Å². The van der Waals surface area contributed by atoms with E-state index in [-0.39, 0.29) is 12.4 Å². The van der Waals surface area contributed by atoms with Gasteiger partial charge in [-0.2, -0.15) is 0 Å². The highest BCUT2D eigenvalue weighted by molar-refractivity contribution is 7.88. The van der Waals surface area contributed by atoms with Crippen LogP contribution in [-0.2, 0) is 33.5 Å². The summed E-state index contributed by atoms with van der Waals surface area (Å²) in [6.45, 7) is 0.622. The molecule has 0 aliphatic heterocycles. The lowest BCUT2D eigenvalue weighted by atomic mass is 10.1. The lowest BCUT2D eigenvalue weighted by Gasteiger charge is -2.07. The third-order valence-corrected chi connectivity index (χ3v) is 4.81. The van der Waals surface area contributed by atoms with E-state index in [1.165, 1.54) is 0 Å². The third-order valence-electron chi connectivity index (χ3n) is 4.08. The summed E-state index contributed by atoms with van der Waals surface area (Å²) in [5.41, 5.74) is 3.42. The topological polar surface area (TPSA) is 114 Å². The highest BCUT2D eigenvalue weighted by Gasteiger charge is 2.10. The minimum Gasteiger partial charge on any atom is -0.445 e. The molecule has 4 N–H and O–H groups in total. The molecule has 27 heavy (non-hydrogen) atoms. The Balaban J connectivity index is 1.55. The zero-order valence-corrected chi connectivity index (χ0v) is 15.5. The van der Waals surface area contributed by atoms with Crippen LogP contribution in [0.3, 0.4) is 0 Å². The molecule has 2 aromatic carbocycles. The SMILES string of the molecule is NS(=O)(=O)Cc1ccc2[nH]cc(CCNC(=O)OCc3ccccc3)c2c1. The lowest BCUT2D eigenvalue weighted by Crippen LogP contribution is -2.26. The molecule has 0 saturated carbocycles. The van der Waals surface area contributed by atoms with Gasteiger partial charge in [0.2, 0.25) is 10.0 Å². The number of aromatic amines is 1. The van der Waals surface area contributed by atoms with E-state index in [1.54, 1.807) is 12.1 Å². The molecule has 0 saturated heterocycles. The summed E-state index contributed by atoms with van der Waals surface area (Å²) in [5, 5.41) is 8.74. The molecule has 3 aromatic rings. The van der Waals surface area contributed by atoms with Crippen molar-refractivity contribution in [2.45, 2.75) is 18.8 Å². The van der Waals surface area contributed by atoms with E-state index in [2.05, 4.69) is 10.3 Å². The first-order valence-corrected chi connectivity index (χ1v) is 10.2. The molecule has 142 valence electrons. The fourth-order valence-electron chi connectivity index (χ4n) is 2.83. The molecular formula is C19H21N3O4S. The number of primary sulfonamides is 1. The zero-order valence-electron chi connectivity index (χ0n) is 14.6. The number of hydrogen-bond acceptors (Lipinski definition) is 4. The van der Waals surface area contributed by atoms with Crippen LogP contribution in [0.1, 0.15) is 16.7 Å². The van der Waals surface area contributed by atoms with Crippen molar-refractivity contribution in [2.75, 3.05) is 6.54 Å². The molecule has 0 radical (unpaired) electrons. The highest BCUT2D eigenvalue weighted by Crippen LogP contribution is 2.21. The molecule has 0 aliphatic carbocycles. The second-order valence-corrected chi connectivity index (χ2v) is 7.85. The number of rotatable bonds is 7. The van der Waals surface area contributed by atoms with Crippen LogP contribution in [0.15, 0.2) is 54.7 Å². The van der Waals surface area contributed by atoms with Crippen molar-refractivity contribution in [2.24, 2.45) is 5.14 Å². The number of H-pyrrole nitrogens is 1. The van der Waals surface area contributed by atoms with Gasteiger partial charge < -0.3 is 15.0 Å². The minimum atomic E-state index is -3.58. The van der Waals surface area contributed by atoms with E-state index >= 15 is 0 Å². The molecule has 1 heterocycles. The molecule has 1 amide bonds. The number of ether oxygens (including phenoxy) is 1. The fourth-order valence-corrected chi connectivity index (χ4v) is 3.47. The van der Waals surface area contributed by atoms with Gasteiger partial charge in [0, 0.05) is 23.6 Å². The molecule has 1 aromatic heterocycles. The number of carbonyl (C=O) groups is 1. The van der Waals surface area contributed by atoms with Crippen molar-refractivity contribution < 1.29 is 17.9 Å². The number of benzene rings is 2. The van der Waals surface area contributed by atoms with Crippen LogP contribution in [0.5, 0.6) is 0 Å². The summed E-state index contributed by atoms with van der Waals surface area (Å²) >= 11 is 0. The number of nitrogens with one attached hydrogen (secondary N) is 2. The normalized spacial score (nSPS) is 11.4. The minimum absolute atomic E-state index is 0.211. The smallest absolute Gasteiger partial charge is 0.407 e. The average Bonchev–Trinajstić information content (AvgIpc) is 3.02. The van der Waals surface area contributed by atoms with Gasteiger partial charge in [0.05, 0.1) is 5.75 Å². The van der Waals surface area contributed by atoms with E-state index in [0.29, 0.717) is 18.5 Å². The number of fused-ring (bicyclic) bond motifs is 1. The average molecular weight is 387 g/mol. The van der Waals surface area contributed by atoms with Crippen molar-refractivity contribution in [3.63, 3.8) is 0 Å². The number of hydrogen-bond donors (Lipinski definition) is 3. The molecule has 0 bridgehead atoms. The molecular weight excluding hydrogens is 366 g/mol. The number of nitrogens with two attached hydrogens (primary N) is 1. The monoisotopic (exact) mass is 387 g/mol. The summed E-state index contributed by atoms with van der Waals surface area (Å²) in [7, 11) is -3.58. The summed E-state index contributed by atoms with van der Waals surface area (Å²) in [6, 6.07) is 14.8. The van der Waals surface area contributed by atoms with Gasteiger partial charge in [-0.15, -0.1) is 0 Å². The summed E-state index contributed by atoms with van der Waals surface area (Å²) in [4.78, 5) is 14.9. The van der Waals surface area contributed by atoms with Gasteiger partial charge in [-0.25, -0.2) is 18.4 Å². The van der Waals surface area contributed by atoms with E-state index < -0.39 is 16.1 Å². The molecule has 0 fully saturated rings. The molecule has 7 nitrogen and oxygen atoms in total. The first-order chi connectivity index (χ1) is 12.9. The van der Waals surface area contributed by atoms with Crippen LogP contribution < -0.4 is 10.5 Å². The number of carbonyl (C=O) groups excluding carboxylic acids is 1. The van der Waals surface area contributed by atoms with E-state index in [4.69, 9.17) is 9.88 Å². The Bertz CT molecular complexity index is 1030. The highest BCUT2D eigenvalue weighted by atomic mass is 32.2. The van der Waals surface area contributed by atoms with Crippen molar-refractivity contribution in [3.05, 3.63) is 71.4 Å². The molecule has 0 aliphatic rings. The van der Waals surface area contributed by atoms with E-state index in [9.17, 15) is 13.2 Å². The van der Waals surface area contributed by atoms with Crippen molar-refractivity contribution >= 4 is 27.0 Å². The van der Waals surface area contributed by atoms with Gasteiger partial charge in [-0.05, 0) is 35.2 Å². The van der Waals surface area contributed by atoms with Gasteiger partial charge in [0.25, 0.3) is 0 Å². The van der Waals surface area contributed by atoms with Crippen LogP contribution in [0, 0.1) is 0 Å². The summed E-state index contributed by atoms with van der Waals surface area (Å²) in [6.07, 6.45) is 1.95. The zero-order chi connectivity index (χ0) is 19.3. The first-order valence-electron chi connectivity index (χ1n) is 8.44. The predicted molar refractivity (Wildman–Crippen MR) is 103 cm³/mol.